The van der Waals surface area contributed by atoms with Gasteiger partial charge in [-0.15, -0.1) is 0 Å². The molecular weight excluding hydrogens is 218 g/mol. The highest BCUT2D eigenvalue weighted by molar-refractivity contribution is 4.88. The zero-order chi connectivity index (χ0) is 12.4. The van der Waals surface area contributed by atoms with Gasteiger partial charge in [0.15, 0.2) is 0 Å². The van der Waals surface area contributed by atoms with Gasteiger partial charge in [0.25, 0.3) is 0 Å². The summed E-state index contributed by atoms with van der Waals surface area (Å²) in [4.78, 5) is 0. The van der Waals surface area contributed by atoms with E-state index in [4.69, 9.17) is 0 Å². The maximum atomic E-state index is 3.92. The summed E-state index contributed by atoms with van der Waals surface area (Å²) in [5.74, 6) is 4.20. The summed E-state index contributed by atoms with van der Waals surface area (Å²) >= 11 is 0. The van der Waals surface area contributed by atoms with Gasteiger partial charge in [-0.25, -0.2) is 0 Å². The van der Waals surface area contributed by atoms with Crippen LogP contribution in [0.4, 0.5) is 0 Å². The molecule has 3 aliphatic rings. The van der Waals surface area contributed by atoms with Crippen LogP contribution in [0.1, 0.15) is 71.1 Å². The highest BCUT2D eigenvalue weighted by Gasteiger charge is 2.34. The standard InChI is InChI=1S/C17H31N/c1-13-5-7-14(8-6-13)12-18-17-4-2-3-16(11-17)15-9-10-15/h13-18H,2-12H2,1H3. The molecule has 1 nitrogen and oxygen atoms in total. The van der Waals surface area contributed by atoms with Gasteiger partial charge >= 0.3 is 0 Å². The Hall–Kier alpha value is -0.0400. The largest absolute Gasteiger partial charge is 0.314 e. The Morgan fingerprint density at radius 2 is 1.61 bits per heavy atom. The van der Waals surface area contributed by atoms with Crippen molar-refractivity contribution in [1.82, 2.24) is 5.32 Å². The quantitative estimate of drug-likeness (QED) is 0.780. The first-order chi connectivity index (χ1) is 8.81. The van der Waals surface area contributed by atoms with E-state index in [1.54, 1.807) is 0 Å². The van der Waals surface area contributed by atoms with Gasteiger partial charge in [-0.1, -0.05) is 32.6 Å². The van der Waals surface area contributed by atoms with Gasteiger partial charge in [-0.3, -0.25) is 0 Å². The normalized spacial score (nSPS) is 41.8. The van der Waals surface area contributed by atoms with Crippen molar-refractivity contribution in [1.29, 1.82) is 0 Å². The van der Waals surface area contributed by atoms with Crippen LogP contribution in [0.2, 0.25) is 0 Å². The molecule has 3 saturated carbocycles. The SMILES string of the molecule is CC1CCC(CNC2CCCC(C3CC3)C2)CC1. The molecule has 0 aromatic heterocycles. The lowest BCUT2D eigenvalue weighted by Gasteiger charge is -2.32. The second kappa shape index (κ2) is 5.94. The Morgan fingerprint density at radius 3 is 2.33 bits per heavy atom. The van der Waals surface area contributed by atoms with Crippen LogP contribution < -0.4 is 5.32 Å². The summed E-state index contributed by atoms with van der Waals surface area (Å²) in [6.45, 7) is 3.74. The first-order valence-electron chi connectivity index (χ1n) is 8.54. The van der Waals surface area contributed by atoms with Crippen molar-refractivity contribution in [3.8, 4) is 0 Å². The summed E-state index contributed by atoms with van der Waals surface area (Å²) in [6, 6.07) is 0.865. The lowest BCUT2D eigenvalue weighted by molar-refractivity contribution is 0.230. The van der Waals surface area contributed by atoms with Gasteiger partial charge < -0.3 is 5.32 Å². The lowest BCUT2D eigenvalue weighted by atomic mass is 9.81. The van der Waals surface area contributed by atoms with E-state index < -0.39 is 0 Å². The monoisotopic (exact) mass is 249 g/mol. The van der Waals surface area contributed by atoms with Crippen molar-refractivity contribution in [2.75, 3.05) is 6.54 Å². The minimum Gasteiger partial charge on any atom is -0.314 e. The van der Waals surface area contributed by atoms with Gasteiger partial charge in [-0.2, -0.15) is 0 Å². The van der Waals surface area contributed by atoms with Crippen LogP contribution in [0, 0.1) is 23.7 Å². The fraction of sp³-hybridized carbons (Fsp3) is 1.00. The summed E-state index contributed by atoms with van der Waals surface area (Å²) in [5.41, 5.74) is 0. The predicted octanol–water partition coefficient (Wildman–Crippen LogP) is 4.37. The Kier molecular flexibility index (Phi) is 4.28. The Bertz CT molecular complexity index is 250. The molecule has 0 saturated heterocycles. The number of hydrogen-bond donors (Lipinski definition) is 1. The molecule has 0 spiro atoms. The van der Waals surface area contributed by atoms with Crippen LogP contribution >= 0.6 is 0 Å². The second-order valence-corrected chi connectivity index (χ2v) is 7.50. The molecule has 3 aliphatic carbocycles. The third kappa shape index (κ3) is 3.50. The molecule has 18 heavy (non-hydrogen) atoms. The van der Waals surface area contributed by atoms with Crippen molar-refractivity contribution in [2.45, 2.75) is 77.2 Å². The molecule has 2 atom stereocenters. The fourth-order valence-electron chi connectivity index (χ4n) is 4.28. The first-order valence-corrected chi connectivity index (χ1v) is 8.54. The van der Waals surface area contributed by atoms with E-state index in [1.807, 2.05) is 0 Å². The molecule has 3 rings (SSSR count). The summed E-state index contributed by atoms with van der Waals surface area (Å²) < 4.78 is 0. The van der Waals surface area contributed by atoms with E-state index in [0.717, 1.165) is 29.7 Å². The number of nitrogens with one attached hydrogen (secondary N) is 1. The van der Waals surface area contributed by atoms with Gasteiger partial charge in [0.1, 0.15) is 0 Å². The van der Waals surface area contributed by atoms with Crippen molar-refractivity contribution in [3.63, 3.8) is 0 Å². The summed E-state index contributed by atoms with van der Waals surface area (Å²) in [6.07, 6.45) is 14.9. The van der Waals surface area contributed by atoms with Crippen molar-refractivity contribution in [2.24, 2.45) is 23.7 Å². The molecule has 3 fully saturated rings. The average Bonchev–Trinajstić information content (AvgIpc) is 3.23. The van der Waals surface area contributed by atoms with Gasteiger partial charge in [0, 0.05) is 6.04 Å². The van der Waals surface area contributed by atoms with E-state index >= 15 is 0 Å². The molecular formula is C17H31N. The van der Waals surface area contributed by atoms with Crippen LogP contribution in [-0.2, 0) is 0 Å². The van der Waals surface area contributed by atoms with Gasteiger partial charge in [-0.05, 0) is 68.7 Å². The average molecular weight is 249 g/mol. The van der Waals surface area contributed by atoms with Crippen LogP contribution in [0.25, 0.3) is 0 Å². The highest BCUT2D eigenvalue weighted by atomic mass is 14.9. The molecule has 0 bridgehead atoms. The molecule has 0 amide bonds. The Balaban J connectivity index is 1.37. The van der Waals surface area contributed by atoms with E-state index in [9.17, 15) is 0 Å². The molecule has 0 aliphatic heterocycles. The van der Waals surface area contributed by atoms with Crippen LogP contribution in [-0.4, -0.2) is 12.6 Å². The van der Waals surface area contributed by atoms with Crippen LogP contribution in [0.5, 0.6) is 0 Å². The molecule has 1 N–H and O–H groups in total. The molecule has 0 radical (unpaired) electrons. The molecule has 104 valence electrons. The van der Waals surface area contributed by atoms with Gasteiger partial charge in [0.05, 0.1) is 0 Å². The van der Waals surface area contributed by atoms with Crippen molar-refractivity contribution >= 4 is 0 Å². The second-order valence-electron chi connectivity index (χ2n) is 7.50. The topological polar surface area (TPSA) is 12.0 Å². The zero-order valence-electron chi connectivity index (χ0n) is 12.2. The number of rotatable bonds is 4. The fourth-order valence-corrected chi connectivity index (χ4v) is 4.28. The highest BCUT2D eigenvalue weighted by Crippen LogP contribution is 2.43. The maximum Gasteiger partial charge on any atom is 0.00699 e. The van der Waals surface area contributed by atoms with Crippen molar-refractivity contribution < 1.29 is 0 Å². The minimum atomic E-state index is 0.865. The maximum absolute atomic E-state index is 3.92. The molecule has 2 unspecified atom stereocenters. The predicted molar refractivity (Wildman–Crippen MR) is 77.6 cm³/mol. The zero-order valence-corrected chi connectivity index (χ0v) is 12.2. The molecule has 0 aromatic carbocycles. The third-order valence-electron chi connectivity index (χ3n) is 5.83. The van der Waals surface area contributed by atoms with Gasteiger partial charge in [0.2, 0.25) is 0 Å². The lowest BCUT2D eigenvalue weighted by Crippen LogP contribution is -2.38. The molecule has 0 aromatic rings. The van der Waals surface area contributed by atoms with Crippen LogP contribution in [0.3, 0.4) is 0 Å². The number of hydrogen-bond acceptors (Lipinski definition) is 1. The van der Waals surface area contributed by atoms with E-state index in [2.05, 4.69) is 12.2 Å². The van der Waals surface area contributed by atoms with Crippen molar-refractivity contribution in [3.05, 3.63) is 0 Å². The van der Waals surface area contributed by atoms with E-state index in [0.29, 0.717) is 0 Å². The summed E-state index contributed by atoms with van der Waals surface area (Å²) in [7, 11) is 0. The van der Waals surface area contributed by atoms with Crippen LogP contribution in [0.15, 0.2) is 0 Å². The van der Waals surface area contributed by atoms with E-state index in [1.165, 1.54) is 70.8 Å². The smallest absolute Gasteiger partial charge is 0.00699 e. The molecule has 0 heterocycles. The third-order valence-corrected chi connectivity index (χ3v) is 5.83. The Labute approximate surface area is 113 Å². The van der Waals surface area contributed by atoms with E-state index in [-0.39, 0.29) is 0 Å². The first kappa shape index (κ1) is 13.0. The summed E-state index contributed by atoms with van der Waals surface area (Å²) in [5, 5.41) is 3.92. The molecule has 1 heteroatoms. The minimum absolute atomic E-state index is 0.865. The Morgan fingerprint density at radius 1 is 0.833 bits per heavy atom.